The van der Waals surface area contributed by atoms with Gasteiger partial charge in [0.1, 0.15) is 12.1 Å². The van der Waals surface area contributed by atoms with Gasteiger partial charge in [-0.25, -0.2) is 33.7 Å². The van der Waals surface area contributed by atoms with Gasteiger partial charge in [-0.3, -0.25) is 0 Å². The van der Waals surface area contributed by atoms with Crippen LogP contribution in [0.3, 0.4) is 0 Å². The fourth-order valence-corrected chi connectivity index (χ4v) is 3.51. The van der Waals surface area contributed by atoms with Gasteiger partial charge in [0.2, 0.25) is 0 Å². The second-order valence-electron chi connectivity index (χ2n) is 7.77. The first-order chi connectivity index (χ1) is 14.4. The lowest BCUT2D eigenvalue weighted by Crippen LogP contribution is -2.26. The Labute approximate surface area is 173 Å². The van der Waals surface area contributed by atoms with Gasteiger partial charge in [-0.05, 0) is 36.1 Å². The van der Waals surface area contributed by atoms with Gasteiger partial charge in [0.25, 0.3) is 0 Å². The maximum atomic E-state index is 14.4. The quantitative estimate of drug-likeness (QED) is 0.497. The number of fused-ring (bicyclic) bond motifs is 1. The molecule has 0 saturated carbocycles. The molecule has 0 aliphatic rings. The molecule has 3 heterocycles. The number of nitrogens with zero attached hydrogens (tertiary/aromatic N) is 5. The molecule has 0 amide bonds. The summed E-state index contributed by atoms with van der Waals surface area (Å²) >= 11 is 0. The van der Waals surface area contributed by atoms with Crippen LogP contribution in [-0.2, 0) is 0 Å². The first-order valence-corrected chi connectivity index (χ1v) is 9.87. The van der Waals surface area contributed by atoms with E-state index in [2.05, 4.69) is 19.9 Å². The fourth-order valence-electron chi connectivity index (χ4n) is 3.51. The van der Waals surface area contributed by atoms with E-state index in [4.69, 9.17) is 0 Å². The summed E-state index contributed by atoms with van der Waals surface area (Å²) in [6.45, 7) is 8.05. The Morgan fingerprint density at radius 2 is 1.57 bits per heavy atom. The van der Waals surface area contributed by atoms with Gasteiger partial charge >= 0.3 is 5.69 Å². The van der Waals surface area contributed by atoms with Crippen molar-refractivity contribution in [2.45, 2.75) is 39.5 Å². The predicted octanol–water partition coefficient (Wildman–Crippen LogP) is 4.62. The van der Waals surface area contributed by atoms with Crippen LogP contribution in [0.1, 0.15) is 50.9 Å². The average molecular weight is 403 g/mol. The lowest BCUT2D eigenvalue weighted by molar-refractivity contribution is 0.631. The smallest absolute Gasteiger partial charge is 0.245 e. The van der Waals surface area contributed by atoms with E-state index >= 15 is 0 Å². The van der Waals surface area contributed by atoms with Crippen molar-refractivity contribution < 1.29 is 4.39 Å². The van der Waals surface area contributed by atoms with Crippen LogP contribution in [0.25, 0.3) is 28.0 Å². The van der Waals surface area contributed by atoms with E-state index < -0.39 is 5.69 Å². The van der Waals surface area contributed by atoms with Crippen molar-refractivity contribution >= 4 is 11.0 Å². The minimum atomic E-state index is -0.473. The van der Waals surface area contributed by atoms with E-state index in [1.165, 1.54) is 23.2 Å². The summed E-state index contributed by atoms with van der Waals surface area (Å²) in [7, 11) is 0. The van der Waals surface area contributed by atoms with Crippen LogP contribution >= 0.6 is 0 Å². The van der Waals surface area contributed by atoms with Crippen molar-refractivity contribution in [2.24, 2.45) is 0 Å². The normalized spacial score (nSPS) is 11.6. The van der Waals surface area contributed by atoms with Gasteiger partial charge in [0.15, 0.2) is 5.65 Å². The maximum absolute atomic E-state index is 14.4. The number of hydrogen-bond donors (Lipinski definition) is 0. The zero-order chi connectivity index (χ0) is 21.4. The second kappa shape index (κ2) is 7.74. The zero-order valence-electron chi connectivity index (χ0n) is 17.3. The van der Waals surface area contributed by atoms with E-state index in [0.717, 1.165) is 11.4 Å². The highest BCUT2D eigenvalue weighted by atomic mass is 19.1. The van der Waals surface area contributed by atoms with Crippen molar-refractivity contribution in [3.63, 3.8) is 0 Å². The minimum absolute atomic E-state index is 0.0532. The van der Waals surface area contributed by atoms with Crippen molar-refractivity contribution in [3.8, 4) is 16.9 Å². The summed E-state index contributed by atoms with van der Waals surface area (Å²) < 4.78 is 15.8. The monoisotopic (exact) mass is 403 g/mol. The number of benzene rings is 1. The molecule has 0 aliphatic heterocycles. The number of halogens is 1. The number of hydrogen-bond acceptors (Lipinski definition) is 5. The molecule has 0 spiro atoms. The molecule has 6 nitrogen and oxygen atoms in total. The molecule has 0 atom stereocenters. The maximum Gasteiger partial charge on any atom is 0.353 e. The molecule has 0 saturated heterocycles. The highest BCUT2D eigenvalue weighted by Gasteiger charge is 2.22. The van der Waals surface area contributed by atoms with E-state index in [1.54, 1.807) is 30.3 Å². The van der Waals surface area contributed by atoms with Crippen LogP contribution in [-0.4, -0.2) is 24.5 Å². The van der Waals surface area contributed by atoms with Gasteiger partial charge in [-0.15, -0.1) is 0 Å². The molecule has 0 radical (unpaired) electrons. The first-order valence-electron chi connectivity index (χ1n) is 9.87. The molecule has 0 aliphatic carbocycles. The second-order valence-corrected chi connectivity index (χ2v) is 7.77. The molecule has 0 fully saturated rings. The molecule has 4 rings (SSSR count). The third kappa shape index (κ3) is 3.36. The van der Waals surface area contributed by atoms with E-state index in [1.807, 2.05) is 27.7 Å². The number of pyridine rings is 1. The summed E-state index contributed by atoms with van der Waals surface area (Å²) in [6, 6.07) is 9.96. The highest BCUT2D eigenvalue weighted by molar-refractivity contribution is 5.79. The van der Waals surface area contributed by atoms with Gasteiger partial charge in [-0.1, -0.05) is 39.8 Å². The van der Waals surface area contributed by atoms with Crippen LogP contribution < -0.4 is 5.69 Å². The molecule has 30 heavy (non-hydrogen) atoms. The van der Waals surface area contributed by atoms with Gasteiger partial charge < -0.3 is 0 Å². The van der Waals surface area contributed by atoms with Gasteiger partial charge in [0, 0.05) is 17.1 Å². The summed E-state index contributed by atoms with van der Waals surface area (Å²) in [6.07, 6.45) is 3.01. The summed E-state index contributed by atoms with van der Waals surface area (Å²) in [5, 5.41) is 0.669. The van der Waals surface area contributed by atoms with Crippen LogP contribution in [0.5, 0.6) is 0 Å². The topological polar surface area (TPSA) is 73.6 Å². The lowest BCUT2D eigenvalue weighted by Gasteiger charge is -2.19. The van der Waals surface area contributed by atoms with Crippen LogP contribution in [0.2, 0.25) is 0 Å². The molecular weight excluding hydrogens is 381 g/mol. The molecule has 3 aromatic heterocycles. The third-order valence-corrected chi connectivity index (χ3v) is 4.97. The molecule has 7 heteroatoms. The van der Waals surface area contributed by atoms with Crippen LogP contribution in [0, 0.1) is 5.82 Å². The van der Waals surface area contributed by atoms with Crippen molar-refractivity contribution in [1.29, 1.82) is 0 Å². The fraction of sp³-hybridized carbons (Fsp3) is 0.261. The third-order valence-electron chi connectivity index (χ3n) is 4.97. The van der Waals surface area contributed by atoms with E-state index in [9.17, 15) is 9.18 Å². The highest BCUT2D eigenvalue weighted by Crippen LogP contribution is 2.29. The predicted molar refractivity (Wildman–Crippen MR) is 114 cm³/mol. The number of rotatable bonds is 4. The number of aromatic nitrogens is 5. The molecule has 0 bridgehead atoms. The van der Waals surface area contributed by atoms with Crippen molar-refractivity contribution in [3.05, 3.63) is 76.6 Å². The van der Waals surface area contributed by atoms with Crippen LogP contribution in [0.4, 0.5) is 4.39 Å². The van der Waals surface area contributed by atoms with Crippen LogP contribution in [0.15, 0.2) is 53.7 Å². The summed E-state index contributed by atoms with van der Waals surface area (Å²) in [4.78, 5) is 30.6. The lowest BCUT2D eigenvalue weighted by atomic mass is 10.0. The Balaban J connectivity index is 2.10. The molecule has 4 aromatic rings. The molecule has 1 aromatic carbocycles. The van der Waals surface area contributed by atoms with Gasteiger partial charge in [0.05, 0.1) is 22.8 Å². The Morgan fingerprint density at radius 3 is 2.20 bits per heavy atom. The Kier molecular flexibility index (Phi) is 5.11. The Hall–Kier alpha value is -3.48. The molecule has 0 N–H and O–H groups in total. The van der Waals surface area contributed by atoms with Crippen molar-refractivity contribution in [1.82, 2.24) is 24.5 Å². The minimum Gasteiger partial charge on any atom is -0.245 e. The van der Waals surface area contributed by atoms with E-state index in [0.29, 0.717) is 28.0 Å². The SMILES string of the molecule is CC(C)c1ncnc(C(C)C)c1-n1c(=O)ncc2ccc(-c3ccccc3F)nc21. The van der Waals surface area contributed by atoms with Crippen molar-refractivity contribution in [2.75, 3.05) is 0 Å². The Bertz CT molecular complexity index is 1270. The standard InChI is InChI=1S/C23H22FN5O/c1-13(2)19-21(20(14(3)4)27-12-26-19)29-22-15(11-25-23(29)30)9-10-18(28-22)16-7-5-6-8-17(16)24/h5-14H,1-4H3. The van der Waals surface area contributed by atoms with Gasteiger partial charge in [-0.2, -0.15) is 0 Å². The largest absolute Gasteiger partial charge is 0.353 e. The van der Waals surface area contributed by atoms with E-state index in [-0.39, 0.29) is 17.7 Å². The zero-order valence-corrected chi connectivity index (χ0v) is 17.3. The summed E-state index contributed by atoms with van der Waals surface area (Å²) in [5.74, 6) is -0.268. The first kappa shape index (κ1) is 19.8. The Morgan fingerprint density at radius 1 is 0.900 bits per heavy atom. The average Bonchev–Trinajstić information content (AvgIpc) is 2.73. The molecular formula is C23H22FN5O. The summed E-state index contributed by atoms with van der Waals surface area (Å²) in [5.41, 5.74) is 2.81. The molecule has 0 unspecified atom stereocenters. The molecule has 152 valence electrons.